The smallest absolute Gasteiger partial charge is 0.342 e. The van der Waals surface area contributed by atoms with Gasteiger partial charge in [-0.1, -0.05) is 6.42 Å². The van der Waals surface area contributed by atoms with Crippen molar-refractivity contribution in [2.45, 2.75) is 31.0 Å². The number of aliphatic carboxylic acids is 2. The van der Waals surface area contributed by atoms with E-state index in [9.17, 15) is 14.2 Å². The van der Waals surface area contributed by atoms with Gasteiger partial charge in [0.05, 0.1) is 0 Å². The molecule has 0 saturated carbocycles. The maximum Gasteiger partial charge on any atom is 0.342 e. The Kier molecular flexibility index (Phi) is 4.86. The van der Waals surface area contributed by atoms with Gasteiger partial charge >= 0.3 is 19.5 Å². The van der Waals surface area contributed by atoms with Crippen LogP contribution in [0.4, 0.5) is 0 Å². The molecule has 1 heterocycles. The van der Waals surface area contributed by atoms with Crippen LogP contribution in [0.25, 0.3) is 0 Å². The number of piperidine rings is 1. The Morgan fingerprint density at radius 2 is 1.50 bits per heavy atom. The van der Waals surface area contributed by atoms with Crippen LogP contribution in [0.3, 0.4) is 0 Å². The summed E-state index contributed by atoms with van der Waals surface area (Å²) in [5, 5.41) is 17.9. The van der Waals surface area contributed by atoms with E-state index in [1.165, 1.54) is 4.90 Å². The van der Waals surface area contributed by atoms with E-state index in [0.717, 1.165) is 6.42 Å². The highest BCUT2D eigenvalue weighted by molar-refractivity contribution is 7.53. The van der Waals surface area contributed by atoms with Crippen molar-refractivity contribution in [1.29, 1.82) is 0 Å². The van der Waals surface area contributed by atoms with E-state index < -0.39 is 31.2 Å². The van der Waals surface area contributed by atoms with Crippen LogP contribution in [0.1, 0.15) is 19.3 Å². The molecule has 8 nitrogen and oxygen atoms in total. The van der Waals surface area contributed by atoms with Crippen molar-refractivity contribution >= 4 is 19.5 Å². The summed E-state index contributed by atoms with van der Waals surface area (Å²) >= 11 is 0. The standard InChI is InChI=1S/C9H16NO7P/c11-8(12)6(10-4-2-1-3-5-10)7(9(13)14)18(15,16)17/h6-7H,1-5H2,(H,11,12)(H,13,14)(H2,15,16,17). The van der Waals surface area contributed by atoms with Crippen molar-refractivity contribution in [2.24, 2.45) is 0 Å². The topological polar surface area (TPSA) is 135 Å². The Morgan fingerprint density at radius 1 is 1.00 bits per heavy atom. The van der Waals surface area contributed by atoms with Gasteiger partial charge in [-0.05, 0) is 25.9 Å². The quantitative estimate of drug-likeness (QED) is 0.498. The Labute approximate surface area is 103 Å². The van der Waals surface area contributed by atoms with E-state index in [1.54, 1.807) is 0 Å². The lowest BCUT2D eigenvalue weighted by molar-refractivity contribution is -0.150. The fraction of sp³-hybridized carbons (Fsp3) is 0.778. The van der Waals surface area contributed by atoms with Crippen molar-refractivity contribution in [3.8, 4) is 0 Å². The number of rotatable bonds is 5. The van der Waals surface area contributed by atoms with Crippen LogP contribution in [0.2, 0.25) is 0 Å². The van der Waals surface area contributed by atoms with Gasteiger partial charge in [0.1, 0.15) is 6.04 Å². The first kappa shape index (κ1) is 15.1. The second-order valence-electron chi connectivity index (χ2n) is 4.25. The van der Waals surface area contributed by atoms with Gasteiger partial charge in [0.2, 0.25) is 0 Å². The minimum atomic E-state index is -5.03. The lowest BCUT2D eigenvalue weighted by Crippen LogP contribution is -2.53. The van der Waals surface area contributed by atoms with Gasteiger partial charge in [0.15, 0.2) is 5.66 Å². The first-order valence-corrected chi connectivity index (χ1v) is 7.18. The van der Waals surface area contributed by atoms with E-state index in [4.69, 9.17) is 20.0 Å². The van der Waals surface area contributed by atoms with Crippen molar-refractivity contribution in [1.82, 2.24) is 4.90 Å². The number of carboxylic acid groups (broad SMARTS) is 2. The van der Waals surface area contributed by atoms with Crippen LogP contribution < -0.4 is 0 Å². The molecule has 0 aliphatic carbocycles. The number of nitrogens with zero attached hydrogens (tertiary/aromatic N) is 1. The second kappa shape index (κ2) is 5.79. The summed E-state index contributed by atoms with van der Waals surface area (Å²) in [6.45, 7) is 0.668. The summed E-state index contributed by atoms with van der Waals surface area (Å²) < 4.78 is 11.2. The number of carbonyl (C=O) groups is 2. The van der Waals surface area contributed by atoms with E-state index in [1.807, 2.05) is 0 Å². The molecule has 1 rings (SSSR count). The molecule has 1 fully saturated rings. The second-order valence-corrected chi connectivity index (χ2v) is 5.99. The van der Waals surface area contributed by atoms with Gasteiger partial charge in [-0.3, -0.25) is 19.1 Å². The molecule has 0 aromatic carbocycles. The van der Waals surface area contributed by atoms with Crippen LogP contribution in [-0.2, 0) is 14.2 Å². The SMILES string of the molecule is O=C(O)C(C(C(=O)O)P(=O)(O)O)N1CCCCC1. The highest BCUT2D eigenvalue weighted by atomic mass is 31.2. The third-order valence-corrected chi connectivity index (χ3v) is 4.18. The van der Waals surface area contributed by atoms with E-state index >= 15 is 0 Å². The fourth-order valence-electron chi connectivity index (χ4n) is 2.15. The molecule has 1 saturated heterocycles. The molecule has 1 aliphatic heterocycles. The zero-order chi connectivity index (χ0) is 13.9. The van der Waals surface area contributed by atoms with Gasteiger partial charge < -0.3 is 20.0 Å². The number of hydrogen-bond donors (Lipinski definition) is 4. The largest absolute Gasteiger partial charge is 0.480 e. The molecule has 0 aromatic rings. The highest BCUT2D eigenvalue weighted by Crippen LogP contribution is 2.44. The molecule has 9 heteroatoms. The molecule has 2 atom stereocenters. The normalized spacial score (nSPS) is 21.2. The molecule has 0 aromatic heterocycles. The molecule has 4 N–H and O–H groups in total. The molecular weight excluding hydrogens is 265 g/mol. The van der Waals surface area contributed by atoms with Crippen LogP contribution in [0.5, 0.6) is 0 Å². The first-order valence-electron chi connectivity index (χ1n) is 5.50. The molecular formula is C9H16NO7P. The van der Waals surface area contributed by atoms with Crippen LogP contribution in [-0.4, -0.2) is 61.6 Å². The van der Waals surface area contributed by atoms with Crippen LogP contribution in [0.15, 0.2) is 0 Å². The van der Waals surface area contributed by atoms with Crippen molar-refractivity contribution < 1.29 is 34.2 Å². The van der Waals surface area contributed by atoms with Crippen LogP contribution >= 0.6 is 7.60 Å². The first-order chi connectivity index (χ1) is 8.25. The summed E-state index contributed by atoms with van der Waals surface area (Å²) in [7, 11) is -5.03. The molecule has 1 aliphatic rings. The number of likely N-dealkylation sites (tertiary alicyclic amines) is 1. The van der Waals surface area contributed by atoms with E-state index in [-0.39, 0.29) is 0 Å². The van der Waals surface area contributed by atoms with E-state index in [0.29, 0.717) is 25.9 Å². The molecule has 0 radical (unpaired) electrons. The summed E-state index contributed by atoms with van der Waals surface area (Å²) in [6.07, 6.45) is 2.28. The minimum absolute atomic E-state index is 0.334. The van der Waals surface area contributed by atoms with Crippen molar-refractivity contribution in [2.75, 3.05) is 13.1 Å². The third-order valence-electron chi connectivity index (χ3n) is 2.95. The van der Waals surface area contributed by atoms with E-state index in [2.05, 4.69) is 0 Å². The van der Waals surface area contributed by atoms with Gasteiger partial charge in [-0.25, -0.2) is 0 Å². The zero-order valence-electron chi connectivity index (χ0n) is 9.60. The average Bonchev–Trinajstić information content (AvgIpc) is 2.24. The molecule has 0 spiro atoms. The number of carboxylic acids is 2. The number of hydrogen-bond acceptors (Lipinski definition) is 4. The molecule has 0 bridgehead atoms. The van der Waals surface area contributed by atoms with Gasteiger partial charge in [-0.2, -0.15) is 0 Å². The Hall–Kier alpha value is -0.950. The molecule has 18 heavy (non-hydrogen) atoms. The van der Waals surface area contributed by atoms with Crippen molar-refractivity contribution in [3.63, 3.8) is 0 Å². The highest BCUT2D eigenvalue weighted by Gasteiger charge is 2.48. The van der Waals surface area contributed by atoms with Gasteiger partial charge in [0.25, 0.3) is 0 Å². The minimum Gasteiger partial charge on any atom is -0.480 e. The monoisotopic (exact) mass is 281 g/mol. The Balaban J connectivity index is 3.04. The predicted octanol–water partition coefficient (Wildman–Crippen LogP) is -0.444. The molecule has 104 valence electrons. The fourth-order valence-corrected chi connectivity index (χ4v) is 3.12. The Bertz CT molecular complexity index is 373. The van der Waals surface area contributed by atoms with Crippen LogP contribution in [0, 0.1) is 0 Å². The lowest BCUT2D eigenvalue weighted by atomic mass is 10.1. The summed E-state index contributed by atoms with van der Waals surface area (Å²) in [6, 6.07) is -1.69. The lowest BCUT2D eigenvalue weighted by Gasteiger charge is -2.34. The Morgan fingerprint density at radius 3 is 1.83 bits per heavy atom. The third kappa shape index (κ3) is 3.52. The zero-order valence-corrected chi connectivity index (χ0v) is 10.5. The molecule has 0 amide bonds. The van der Waals surface area contributed by atoms with Gasteiger partial charge in [-0.15, -0.1) is 0 Å². The average molecular weight is 281 g/mol. The predicted molar refractivity (Wildman–Crippen MR) is 60.3 cm³/mol. The summed E-state index contributed by atoms with van der Waals surface area (Å²) in [4.78, 5) is 41.5. The molecule has 2 unspecified atom stereocenters. The summed E-state index contributed by atoms with van der Waals surface area (Å²) in [5.74, 6) is -3.31. The van der Waals surface area contributed by atoms with Crippen molar-refractivity contribution in [3.05, 3.63) is 0 Å². The van der Waals surface area contributed by atoms with Gasteiger partial charge in [0, 0.05) is 0 Å². The summed E-state index contributed by atoms with van der Waals surface area (Å²) in [5.41, 5.74) is -2.23. The maximum absolute atomic E-state index is 11.2. The maximum atomic E-state index is 11.2.